The van der Waals surface area contributed by atoms with Gasteiger partial charge in [0.05, 0.1) is 0 Å². The van der Waals surface area contributed by atoms with Gasteiger partial charge in [0.25, 0.3) is 0 Å². The Kier molecular flexibility index (Phi) is 2.73. The minimum atomic E-state index is -0.317. The van der Waals surface area contributed by atoms with E-state index in [2.05, 4.69) is 9.97 Å². The van der Waals surface area contributed by atoms with Crippen molar-refractivity contribution in [1.29, 1.82) is 0 Å². The van der Waals surface area contributed by atoms with Gasteiger partial charge in [-0.25, -0.2) is 9.97 Å². The molecule has 0 radical (unpaired) electrons. The average Bonchev–Trinajstić information content (AvgIpc) is 2.65. The first kappa shape index (κ1) is 10.2. The van der Waals surface area contributed by atoms with E-state index in [4.69, 9.17) is 17.3 Å². The molecule has 1 saturated heterocycles. The highest BCUT2D eigenvalue weighted by atomic mass is 35.5. The van der Waals surface area contributed by atoms with Crippen molar-refractivity contribution in [2.24, 2.45) is 5.73 Å². The van der Waals surface area contributed by atoms with E-state index in [1.807, 2.05) is 4.90 Å². The van der Waals surface area contributed by atoms with Crippen LogP contribution in [0.5, 0.6) is 0 Å². The number of primary amides is 1. The summed E-state index contributed by atoms with van der Waals surface area (Å²) in [6.45, 7) is 0.779. The van der Waals surface area contributed by atoms with Crippen LogP contribution in [-0.4, -0.2) is 28.5 Å². The third-order valence-electron chi connectivity index (χ3n) is 2.49. The van der Waals surface area contributed by atoms with Crippen molar-refractivity contribution in [1.82, 2.24) is 9.97 Å². The Morgan fingerprint density at radius 3 is 3.07 bits per heavy atom. The van der Waals surface area contributed by atoms with Crippen LogP contribution in [0, 0.1) is 0 Å². The van der Waals surface area contributed by atoms with Gasteiger partial charge in [-0.15, -0.1) is 0 Å². The van der Waals surface area contributed by atoms with Crippen molar-refractivity contribution >= 4 is 23.3 Å². The molecule has 1 aliphatic rings. The number of carbonyl (C=O) groups excluding carboxylic acids is 1. The number of halogens is 1. The van der Waals surface area contributed by atoms with Gasteiger partial charge in [-0.2, -0.15) is 0 Å². The molecule has 2 heterocycles. The number of hydrogen-bond acceptors (Lipinski definition) is 4. The molecule has 1 amide bonds. The van der Waals surface area contributed by atoms with Gasteiger partial charge in [-0.3, -0.25) is 4.79 Å². The summed E-state index contributed by atoms with van der Waals surface area (Å²) in [5.41, 5.74) is 5.31. The fourth-order valence-electron chi connectivity index (χ4n) is 1.82. The zero-order chi connectivity index (χ0) is 10.8. The molecule has 1 fully saturated rings. The molecule has 6 heteroatoms. The van der Waals surface area contributed by atoms with E-state index in [1.165, 1.54) is 6.33 Å². The quantitative estimate of drug-likeness (QED) is 0.749. The Bertz CT molecular complexity index is 384. The summed E-state index contributed by atoms with van der Waals surface area (Å²) < 4.78 is 0. The minimum absolute atomic E-state index is 0.268. The molecule has 15 heavy (non-hydrogen) atoms. The first-order valence-electron chi connectivity index (χ1n) is 4.72. The fourth-order valence-corrected chi connectivity index (χ4v) is 1.96. The summed E-state index contributed by atoms with van der Waals surface area (Å²) in [4.78, 5) is 20.9. The summed E-state index contributed by atoms with van der Waals surface area (Å²) >= 11 is 5.76. The van der Waals surface area contributed by atoms with Crippen LogP contribution >= 0.6 is 11.6 Å². The molecule has 0 spiro atoms. The fraction of sp³-hybridized carbons (Fsp3) is 0.444. The molecule has 0 aromatic carbocycles. The van der Waals surface area contributed by atoms with Gasteiger partial charge in [-0.05, 0) is 12.8 Å². The van der Waals surface area contributed by atoms with E-state index in [0.717, 1.165) is 19.4 Å². The zero-order valence-corrected chi connectivity index (χ0v) is 8.81. The third-order valence-corrected chi connectivity index (χ3v) is 2.70. The average molecular weight is 227 g/mol. The lowest BCUT2D eigenvalue weighted by atomic mass is 10.2. The van der Waals surface area contributed by atoms with Crippen LogP contribution < -0.4 is 10.6 Å². The smallest absolute Gasteiger partial charge is 0.240 e. The molecule has 1 aromatic heterocycles. The molecule has 0 aliphatic carbocycles. The minimum Gasteiger partial charge on any atom is -0.368 e. The lowest BCUT2D eigenvalue weighted by molar-refractivity contribution is -0.119. The van der Waals surface area contributed by atoms with Gasteiger partial charge in [0.15, 0.2) is 0 Å². The first-order chi connectivity index (χ1) is 7.18. The molecule has 1 aromatic rings. The lowest BCUT2D eigenvalue weighted by Gasteiger charge is -2.22. The van der Waals surface area contributed by atoms with E-state index in [9.17, 15) is 4.79 Å². The van der Waals surface area contributed by atoms with Crippen molar-refractivity contribution in [3.63, 3.8) is 0 Å². The largest absolute Gasteiger partial charge is 0.368 e. The monoisotopic (exact) mass is 226 g/mol. The van der Waals surface area contributed by atoms with E-state index in [1.54, 1.807) is 6.07 Å². The number of aromatic nitrogens is 2. The molecular weight excluding hydrogens is 216 g/mol. The van der Waals surface area contributed by atoms with Crippen LogP contribution in [0.3, 0.4) is 0 Å². The maximum Gasteiger partial charge on any atom is 0.240 e. The van der Waals surface area contributed by atoms with Gasteiger partial charge in [0.1, 0.15) is 23.3 Å². The maximum atomic E-state index is 11.2. The summed E-state index contributed by atoms with van der Waals surface area (Å²) in [5.74, 6) is 0.346. The highest BCUT2D eigenvalue weighted by Crippen LogP contribution is 2.24. The number of nitrogens with zero attached hydrogens (tertiary/aromatic N) is 3. The van der Waals surface area contributed by atoms with Crippen LogP contribution in [-0.2, 0) is 4.79 Å². The Morgan fingerprint density at radius 2 is 2.40 bits per heavy atom. The van der Waals surface area contributed by atoms with Crippen LogP contribution in [0.1, 0.15) is 12.8 Å². The Hall–Kier alpha value is -1.36. The topological polar surface area (TPSA) is 72.1 Å². The molecule has 0 saturated carbocycles. The molecule has 1 aliphatic heterocycles. The van der Waals surface area contributed by atoms with E-state index in [-0.39, 0.29) is 11.9 Å². The van der Waals surface area contributed by atoms with Gasteiger partial charge in [-0.1, -0.05) is 11.6 Å². The molecular formula is C9H11ClN4O. The second-order valence-electron chi connectivity index (χ2n) is 3.45. The molecule has 0 bridgehead atoms. The Morgan fingerprint density at radius 1 is 1.60 bits per heavy atom. The van der Waals surface area contributed by atoms with Gasteiger partial charge < -0.3 is 10.6 Å². The number of carbonyl (C=O) groups is 1. The molecule has 2 rings (SSSR count). The number of nitrogens with two attached hydrogens (primary N) is 1. The number of rotatable bonds is 2. The SMILES string of the molecule is NC(=O)C1CCCN1c1cc(Cl)ncn1. The lowest BCUT2D eigenvalue weighted by Crippen LogP contribution is -2.40. The van der Waals surface area contributed by atoms with E-state index >= 15 is 0 Å². The second kappa shape index (κ2) is 4.02. The highest BCUT2D eigenvalue weighted by molar-refractivity contribution is 6.29. The number of hydrogen-bond donors (Lipinski definition) is 1. The standard InChI is InChI=1S/C9H11ClN4O/c10-7-4-8(13-5-12-7)14-3-1-2-6(14)9(11)15/h4-6H,1-3H2,(H2,11,15). The molecule has 80 valence electrons. The number of amides is 1. The highest BCUT2D eigenvalue weighted by Gasteiger charge is 2.29. The summed E-state index contributed by atoms with van der Waals surface area (Å²) in [7, 11) is 0. The van der Waals surface area contributed by atoms with E-state index < -0.39 is 0 Å². The Labute approximate surface area is 92.3 Å². The summed E-state index contributed by atoms with van der Waals surface area (Å²) in [6, 6.07) is 1.37. The van der Waals surface area contributed by atoms with Crippen LogP contribution in [0.4, 0.5) is 5.82 Å². The molecule has 1 unspecified atom stereocenters. The van der Waals surface area contributed by atoms with Gasteiger partial charge in [0.2, 0.25) is 5.91 Å². The summed E-state index contributed by atoms with van der Waals surface area (Å²) in [5, 5.41) is 0.370. The van der Waals surface area contributed by atoms with Crippen molar-refractivity contribution in [3.05, 3.63) is 17.5 Å². The third kappa shape index (κ3) is 2.02. The maximum absolute atomic E-state index is 11.2. The molecule has 5 nitrogen and oxygen atoms in total. The van der Waals surface area contributed by atoms with Gasteiger partial charge >= 0.3 is 0 Å². The normalized spacial score (nSPS) is 20.6. The van der Waals surface area contributed by atoms with Crippen LogP contribution in [0.2, 0.25) is 5.15 Å². The van der Waals surface area contributed by atoms with Crippen molar-refractivity contribution in [2.45, 2.75) is 18.9 Å². The van der Waals surface area contributed by atoms with E-state index in [0.29, 0.717) is 11.0 Å². The van der Waals surface area contributed by atoms with Crippen molar-refractivity contribution in [2.75, 3.05) is 11.4 Å². The molecule has 2 N–H and O–H groups in total. The predicted molar refractivity (Wildman–Crippen MR) is 56.6 cm³/mol. The van der Waals surface area contributed by atoms with Crippen LogP contribution in [0.15, 0.2) is 12.4 Å². The van der Waals surface area contributed by atoms with Crippen LogP contribution in [0.25, 0.3) is 0 Å². The zero-order valence-electron chi connectivity index (χ0n) is 8.06. The van der Waals surface area contributed by atoms with Gasteiger partial charge in [0, 0.05) is 12.6 Å². The predicted octanol–water partition coefficient (Wildman–Crippen LogP) is 0.584. The first-order valence-corrected chi connectivity index (χ1v) is 5.10. The summed E-state index contributed by atoms with van der Waals surface area (Å²) in [6.07, 6.45) is 3.10. The Balaban J connectivity index is 2.26. The van der Waals surface area contributed by atoms with Crippen molar-refractivity contribution < 1.29 is 4.79 Å². The number of anilines is 1. The van der Waals surface area contributed by atoms with Crippen molar-refractivity contribution in [3.8, 4) is 0 Å². The molecule has 1 atom stereocenters. The second-order valence-corrected chi connectivity index (χ2v) is 3.84.